The number of nitrogens with zero attached hydrogens (tertiary/aromatic N) is 3. The number of benzene rings is 2. The molecule has 0 aliphatic heterocycles. The molecule has 0 spiro atoms. The van der Waals surface area contributed by atoms with Crippen molar-refractivity contribution in [3.05, 3.63) is 60.2 Å². The zero-order valence-corrected chi connectivity index (χ0v) is 16.5. The van der Waals surface area contributed by atoms with Crippen LogP contribution in [-0.2, 0) is 6.54 Å². The second kappa shape index (κ2) is 8.52. The molecule has 0 atom stereocenters. The van der Waals surface area contributed by atoms with E-state index in [1.165, 1.54) is 19.3 Å². The molecule has 1 heterocycles. The van der Waals surface area contributed by atoms with E-state index < -0.39 is 0 Å². The highest BCUT2D eigenvalue weighted by molar-refractivity contribution is 7.80. The number of hydrogen-bond acceptors (Lipinski definition) is 3. The van der Waals surface area contributed by atoms with Crippen LogP contribution in [-0.4, -0.2) is 20.8 Å². The minimum atomic E-state index is 0.106. The maximum Gasteiger partial charge on any atom is 0.221 e. The van der Waals surface area contributed by atoms with Crippen molar-refractivity contribution in [2.75, 3.05) is 0 Å². The van der Waals surface area contributed by atoms with Crippen LogP contribution in [0.4, 0.5) is 5.69 Å². The van der Waals surface area contributed by atoms with Gasteiger partial charge in [0.25, 0.3) is 0 Å². The topological polar surface area (TPSA) is 61.9 Å². The lowest BCUT2D eigenvalue weighted by atomic mass is 9.96. The van der Waals surface area contributed by atoms with Gasteiger partial charge in [-0.15, -0.1) is 10.2 Å². The van der Waals surface area contributed by atoms with Crippen molar-refractivity contribution in [1.29, 1.82) is 0 Å². The molecule has 6 heteroatoms. The van der Waals surface area contributed by atoms with Gasteiger partial charge < -0.3 is 15.0 Å². The Bertz CT molecular complexity index is 990. The molecule has 0 radical (unpaired) electrons. The number of azo groups is 1. The van der Waals surface area contributed by atoms with E-state index in [4.69, 9.17) is 12.2 Å². The summed E-state index contributed by atoms with van der Waals surface area (Å²) in [6, 6.07) is 18.3. The normalized spacial score (nSPS) is 15.3. The molecule has 0 bridgehead atoms. The summed E-state index contributed by atoms with van der Waals surface area (Å²) in [7, 11) is 0. The van der Waals surface area contributed by atoms with Crippen molar-refractivity contribution < 1.29 is 5.11 Å². The first-order valence-electron chi connectivity index (χ1n) is 9.79. The van der Waals surface area contributed by atoms with Crippen molar-refractivity contribution in [3.8, 4) is 5.88 Å². The van der Waals surface area contributed by atoms with Gasteiger partial charge >= 0.3 is 0 Å². The number of aromatic hydroxyl groups is 1. The molecule has 3 aromatic rings. The van der Waals surface area contributed by atoms with Crippen LogP contribution in [0.1, 0.15) is 37.7 Å². The number of rotatable bonds is 4. The number of fused-ring (bicyclic) bond motifs is 1. The number of hydrogen-bond donors (Lipinski definition) is 2. The molecule has 28 heavy (non-hydrogen) atoms. The van der Waals surface area contributed by atoms with Crippen molar-refractivity contribution in [3.63, 3.8) is 0 Å². The average molecular weight is 393 g/mol. The minimum Gasteiger partial charge on any atom is -0.493 e. The van der Waals surface area contributed by atoms with Crippen LogP contribution < -0.4 is 5.32 Å². The van der Waals surface area contributed by atoms with E-state index in [1.54, 1.807) is 0 Å². The van der Waals surface area contributed by atoms with Gasteiger partial charge in [-0.05, 0) is 36.7 Å². The summed E-state index contributed by atoms with van der Waals surface area (Å²) < 4.78 is 1.86. The zero-order valence-electron chi connectivity index (χ0n) is 15.7. The molecule has 0 unspecified atom stereocenters. The van der Waals surface area contributed by atoms with Crippen LogP contribution >= 0.6 is 12.2 Å². The van der Waals surface area contributed by atoms with Crippen LogP contribution in [0.2, 0.25) is 0 Å². The fourth-order valence-electron chi connectivity index (χ4n) is 3.84. The molecule has 4 rings (SSSR count). The summed E-state index contributed by atoms with van der Waals surface area (Å²) in [6.07, 6.45) is 5.99. The van der Waals surface area contributed by atoms with Crippen LogP contribution in [0.15, 0.2) is 64.8 Å². The molecule has 2 aromatic carbocycles. The third-order valence-corrected chi connectivity index (χ3v) is 5.47. The highest BCUT2D eigenvalue weighted by Gasteiger charge is 2.17. The third kappa shape index (κ3) is 4.07. The fraction of sp³-hybridized carbons (Fsp3) is 0.318. The molecule has 2 N–H and O–H groups in total. The van der Waals surface area contributed by atoms with Crippen molar-refractivity contribution in [2.45, 2.75) is 44.7 Å². The molecule has 144 valence electrons. The molecule has 5 nitrogen and oxygen atoms in total. The molecular formula is C22H24N4OS. The van der Waals surface area contributed by atoms with Crippen LogP contribution in [0.5, 0.6) is 5.88 Å². The average Bonchev–Trinajstić information content (AvgIpc) is 2.99. The molecule has 0 amide bonds. The first kappa shape index (κ1) is 18.6. The molecule has 1 saturated carbocycles. The summed E-state index contributed by atoms with van der Waals surface area (Å²) in [5.74, 6) is 0.106. The Labute approximate surface area is 170 Å². The summed E-state index contributed by atoms with van der Waals surface area (Å²) >= 11 is 5.35. The van der Waals surface area contributed by atoms with E-state index in [9.17, 15) is 5.11 Å². The van der Waals surface area contributed by atoms with Gasteiger partial charge in [0.1, 0.15) is 0 Å². The molecule has 1 aliphatic carbocycles. The van der Waals surface area contributed by atoms with Gasteiger partial charge in [-0.25, -0.2) is 0 Å². The summed E-state index contributed by atoms with van der Waals surface area (Å²) in [5.41, 5.74) is 2.49. The Morgan fingerprint density at radius 1 is 1.04 bits per heavy atom. The van der Waals surface area contributed by atoms with Gasteiger partial charge in [-0.3, -0.25) is 0 Å². The van der Waals surface area contributed by atoms with E-state index >= 15 is 0 Å². The summed E-state index contributed by atoms with van der Waals surface area (Å²) in [6.45, 7) is 0.563. The first-order chi connectivity index (χ1) is 13.7. The Kier molecular flexibility index (Phi) is 5.67. The quantitative estimate of drug-likeness (QED) is 0.443. The van der Waals surface area contributed by atoms with Crippen molar-refractivity contribution >= 4 is 33.9 Å². The lowest BCUT2D eigenvalue weighted by molar-refractivity contribution is 0.414. The maximum absolute atomic E-state index is 10.9. The standard InChI is InChI=1S/C22H24N4OS/c27-21-20(24-25-22(28)23-17-11-5-2-6-12-17)18-13-7-8-14-19(18)26(21)15-16-9-3-1-4-10-16/h1,3-4,7-10,13-14,17,27H,2,5-6,11-12,15H2,(H,23,28). The van der Waals surface area contributed by atoms with E-state index in [-0.39, 0.29) is 5.88 Å². The highest BCUT2D eigenvalue weighted by Crippen LogP contribution is 2.39. The van der Waals surface area contributed by atoms with E-state index in [2.05, 4.69) is 15.5 Å². The van der Waals surface area contributed by atoms with Crippen LogP contribution in [0.3, 0.4) is 0 Å². The first-order valence-corrected chi connectivity index (χ1v) is 10.2. The maximum atomic E-state index is 10.9. The van der Waals surface area contributed by atoms with E-state index in [0.29, 0.717) is 23.4 Å². The number of thiocarbonyl (C=S) groups is 1. The Morgan fingerprint density at radius 3 is 2.54 bits per heavy atom. The predicted molar refractivity (Wildman–Crippen MR) is 116 cm³/mol. The highest BCUT2D eigenvalue weighted by atomic mass is 32.1. The smallest absolute Gasteiger partial charge is 0.221 e. The predicted octanol–water partition coefficient (Wildman–Crippen LogP) is 5.69. The van der Waals surface area contributed by atoms with Crippen LogP contribution in [0, 0.1) is 0 Å². The van der Waals surface area contributed by atoms with E-state index in [0.717, 1.165) is 29.3 Å². The lowest BCUT2D eigenvalue weighted by Gasteiger charge is -2.22. The van der Waals surface area contributed by atoms with Crippen molar-refractivity contribution in [2.24, 2.45) is 10.2 Å². The van der Waals surface area contributed by atoms with Gasteiger partial charge in [-0.1, -0.05) is 67.8 Å². The third-order valence-electron chi connectivity index (χ3n) is 5.27. The van der Waals surface area contributed by atoms with Gasteiger partial charge in [0.2, 0.25) is 11.0 Å². The van der Waals surface area contributed by atoms with Crippen LogP contribution in [0.25, 0.3) is 10.9 Å². The monoisotopic (exact) mass is 392 g/mol. The largest absolute Gasteiger partial charge is 0.493 e. The SMILES string of the molecule is Oc1c(N=NC(=S)NC2CCCCC2)c2ccccc2n1Cc1ccccc1. The number of para-hydroxylation sites is 1. The van der Waals surface area contributed by atoms with Gasteiger partial charge in [0.05, 0.1) is 12.1 Å². The molecule has 0 saturated heterocycles. The van der Waals surface area contributed by atoms with Gasteiger partial charge in [0.15, 0.2) is 5.69 Å². The van der Waals surface area contributed by atoms with Gasteiger partial charge in [0, 0.05) is 11.4 Å². The minimum absolute atomic E-state index is 0.106. The Morgan fingerprint density at radius 2 is 1.75 bits per heavy atom. The lowest BCUT2D eigenvalue weighted by Crippen LogP contribution is -2.33. The fourth-order valence-corrected chi connectivity index (χ4v) is 4.05. The molecule has 1 aromatic heterocycles. The zero-order chi connectivity index (χ0) is 19.3. The Hall–Kier alpha value is -2.73. The molecular weight excluding hydrogens is 368 g/mol. The summed E-state index contributed by atoms with van der Waals surface area (Å²) in [4.78, 5) is 0. The van der Waals surface area contributed by atoms with Gasteiger partial charge in [-0.2, -0.15) is 0 Å². The summed E-state index contributed by atoms with van der Waals surface area (Å²) in [5, 5.41) is 23.9. The molecule has 1 fully saturated rings. The number of aromatic nitrogens is 1. The second-order valence-electron chi connectivity index (χ2n) is 7.25. The molecule has 1 aliphatic rings. The van der Waals surface area contributed by atoms with E-state index in [1.807, 2.05) is 59.2 Å². The number of nitrogens with one attached hydrogen (secondary N) is 1. The van der Waals surface area contributed by atoms with Crippen molar-refractivity contribution in [1.82, 2.24) is 9.88 Å². The Balaban J connectivity index is 1.60. The second-order valence-corrected chi connectivity index (χ2v) is 7.63.